The van der Waals surface area contributed by atoms with E-state index in [9.17, 15) is 9.18 Å². The van der Waals surface area contributed by atoms with E-state index in [0.717, 1.165) is 19.5 Å². The number of amides is 1. The van der Waals surface area contributed by atoms with Gasteiger partial charge in [-0.3, -0.25) is 4.90 Å². The van der Waals surface area contributed by atoms with E-state index < -0.39 is 11.3 Å². The highest BCUT2D eigenvalue weighted by molar-refractivity contribution is 5.71. The largest absolute Gasteiger partial charge is 0.444 e. The molecule has 3 saturated carbocycles. The molecular formula is C14H23FN2O2. The van der Waals surface area contributed by atoms with Gasteiger partial charge in [-0.15, -0.1) is 0 Å². The fourth-order valence-electron chi connectivity index (χ4n) is 3.77. The van der Waals surface area contributed by atoms with Gasteiger partial charge in [0.1, 0.15) is 11.3 Å². The molecule has 4 nitrogen and oxygen atoms in total. The molecule has 1 aliphatic heterocycles. The van der Waals surface area contributed by atoms with E-state index in [1.807, 2.05) is 25.7 Å². The standard InChI is InChI=1S/C14H23FN2O2/c1-12(2,3)19-11(18)17(10-4-5-16-6-10)14-7-13(15,8-14)9-14/h10,16H,4-9H2,1-3H3. The second kappa shape index (κ2) is 3.84. The molecule has 0 radical (unpaired) electrons. The first-order valence-corrected chi connectivity index (χ1v) is 7.15. The van der Waals surface area contributed by atoms with Crippen LogP contribution in [0.25, 0.3) is 0 Å². The van der Waals surface area contributed by atoms with Gasteiger partial charge in [0.25, 0.3) is 0 Å². The topological polar surface area (TPSA) is 41.6 Å². The van der Waals surface area contributed by atoms with E-state index in [1.165, 1.54) is 0 Å². The average Bonchev–Trinajstić information content (AvgIpc) is 2.63. The minimum absolute atomic E-state index is 0.152. The van der Waals surface area contributed by atoms with Crippen molar-refractivity contribution in [1.82, 2.24) is 10.2 Å². The zero-order valence-electron chi connectivity index (χ0n) is 12.0. The number of nitrogens with one attached hydrogen (secondary N) is 1. The third-order valence-corrected chi connectivity index (χ3v) is 4.44. The number of carbonyl (C=O) groups excluding carboxylic acids is 1. The van der Waals surface area contributed by atoms with Crippen molar-refractivity contribution in [2.24, 2.45) is 0 Å². The minimum atomic E-state index is -0.994. The van der Waals surface area contributed by atoms with Crippen LogP contribution in [-0.2, 0) is 4.74 Å². The van der Waals surface area contributed by atoms with Crippen LogP contribution >= 0.6 is 0 Å². The number of carbonyl (C=O) groups is 1. The van der Waals surface area contributed by atoms with Crippen LogP contribution in [-0.4, -0.2) is 46.9 Å². The van der Waals surface area contributed by atoms with Crippen molar-refractivity contribution in [2.45, 2.75) is 69.3 Å². The molecule has 2 bridgehead atoms. The molecule has 1 atom stereocenters. The predicted molar refractivity (Wildman–Crippen MR) is 69.8 cm³/mol. The highest BCUT2D eigenvalue weighted by Crippen LogP contribution is 2.66. The summed E-state index contributed by atoms with van der Waals surface area (Å²) in [4.78, 5) is 14.3. The summed E-state index contributed by atoms with van der Waals surface area (Å²) in [5.41, 5.74) is -1.75. The number of halogens is 1. The number of nitrogens with zero attached hydrogens (tertiary/aromatic N) is 1. The van der Waals surface area contributed by atoms with Crippen LogP contribution in [0.3, 0.4) is 0 Å². The summed E-state index contributed by atoms with van der Waals surface area (Å²) < 4.78 is 19.3. The van der Waals surface area contributed by atoms with Crippen molar-refractivity contribution < 1.29 is 13.9 Å². The number of hydrogen-bond donors (Lipinski definition) is 1. The Labute approximate surface area is 113 Å². The van der Waals surface area contributed by atoms with Crippen molar-refractivity contribution in [3.63, 3.8) is 0 Å². The number of ether oxygens (including phenoxy) is 1. The van der Waals surface area contributed by atoms with Crippen LogP contribution in [0, 0.1) is 0 Å². The van der Waals surface area contributed by atoms with Crippen LogP contribution in [0.4, 0.5) is 9.18 Å². The van der Waals surface area contributed by atoms with E-state index in [4.69, 9.17) is 4.74 Å². The van der Waals surface area contributed by atoms with Crippen LogP contribution in [0.2, 0.25) is 0 Å². The van der Waals surface area contributed by atoms with Gasteiger partial charge in [0.15, 0.2) is 0 Å². The van der Waals surface area contributed by atoms with E-state index in [1.54, 1.807) is 0 Å². The Morgan fingerprint density at radius 3 is 2.42 bits per heavy atom. The SMILES string of the molecule is CC(C)(C)OC(=O)N(C1CCNC1)C12CC(F)(C1)C2. The molecule has 1 N–H and O–H groups in total. The molecular weight excluding hydrogens is 247 g/mol. The highest BCUT2D eigenvalue weighted by atomic mass is 19.1. The summed E-state index contributed by atoms with van der Waals surface area (Å²) in [5.74, 6) is 0. The Hall–Kier alpha value is -0.840. The van der Waals surface area contributed by atoms with Gasteiger partial charge in [-0.2, -0.15) is 0 Å². The zero-order chi connectivity index (χ0) is 13.9. The van der Waals surface area contributed by atoms with Gasteiger partial charge in [0.05, 0.1) is 5.54 Å². The fourth-order valence-corrected chi connectivity index (χ4v) is 3.77. The Balaban J connectivity index is 1.75. The molecule has 0 aromatic heterocycles. The Kier molecular flexibility index (Phi) is 2.66. The van der Waals surface area contributed by atoms with Gasteiger partial charge < -0.3 is 10.1 Å². The molecule has 4 rings (SSSR count). The minimum Gasteiger partial charge on any atom is -0.444 e. The smallest absolute Gasteiger partial charge is 0.411 e. The van der Waals surface area contributed by atoms with E-state index >= 15 is 0 Å². The summed E-state index contributed by atoms with van der Waals surface area (Å²) in [6, 6.07) is 0.152. The maximum Gasteiger partial charge on any atom is 0.411 e. The van der Waals surface area contributed by atoms with Gasteiger partial charge in [0.2, 0.25) is 0 Å². The fraction of sp³-hybridized carbons (Fsp3) is 0.929. The number of hydrogen-bond acceptors (Lipinski definition) is 3. The van der Waals surface area contributed by atoms with Gasteiger partial charge in [-0.25, -0.2) is 9.18 Å². The number of rotatable bonds is 2. The Morgan fingerprint density at radius 1 is 1.37 bits per heavy atom. The molecule has 0 spiro atoms. The first-order chi connectivity index (χ1) is 8.73. The lowest BCUT2D eigenvalue weighted by Crippen LogP contribution is -2.79. The second-order valence-electron chi connectivity index (χ2n) is 7.40. The van der Waals surface area contributed by atoms with Crippen molar-refractivity contribution in [1.29, 1.82) is 0 Å². The maximum atomic E-state index is 13.8. The van der Waals surface area contributed by atoms with Crippen LogP contribution in [0.15, 0.2) is 0 Å². The summed E-state index contributed by atoms with van der Waals surface area (Å²) >= 11 is 0. The first-order valence-electron chi connectivity index (χ1n) is 7.15. The molecule has 0 aromatic rings. The van der Waals surface area contributed by atoms with E-state index in [2.05, 4.69) is 5.32 Å². The lowest BCUT2D eigenvalue weighted by atomic mass is 9.46. The second-order valence-corrected chi connectivity index (χ2v) is 7.40. The molecule has 3 aliphatic carbocycles. The Morgan fingerprint density at radius 2 is 2.00 bits per heavy atom. The van der Waals surface area contributed by atoms with Gasteiger partial charge in [-0.05, 0) is 33.7 Å². The number of alkyl halides is 1. The molecule has 4 fully saturated rings. The van der Waals surface area contributed by atoms with E-state index in [-0.39, 0.29) is 17.7 Å². The van der Waals surface area contributed by atoms with Crippen molar-refractivity contribution in [2.75, 3.05) is 13.1 Å². The molecule has 1 heterocycles. The summed E-state index contributed by atoms with van der Waals surface area (Å²) in [6.45, 7) is 7.32. The van der Waals surface area contributed by atoms with Gasteiger partial charge in [0, 0.05) is 31.8 Å². The lowest BCUT2D eigenvalue weighted by molar-refractivity contribution is -0.226. The Bertz CT molecular complexity index is 379. The first kappa shape index (κ1) is 13.2. The average molecular weight is 270 g/mol. The van der Waals surface area contributed by atoms with Crippen LogP contribution in [0.1, 0.15) is 46.5 Å². The predicted octanol–water partition coefficient (Wildman–Crippen LogP) is 2.23. The lowest BCUT2D eigenvalue weighted by Gasteiger charge is -2.70. The van der Waals surface area contributed by atoms with E-state index in [0.29, 0.717) is 19.3 Å². The van der Waals surface area contributed by atoms with Crippen molar-refractivity contribution in [3.05, 3.63) is 0 Å². The van der Waals surface area contributed by atoms with Crippen LogP contribution in [0.5, 0.6) is 0 Å². The molecule has 19 heavy (non-hydrogen) atoms. The normalized spacial score (nSPS) is 40.3. The zero-order valence-corrected chi connectivity index (χ0v) is 12.0. The van der Waals surface area contributed by atoms with Crippen molar-refractivity contribution in [3.8, 4) is 0 Å². The molecule has 0 aromatic carbocycles. The molecule has 4 aliphatic rings. The molecule has 108 valence electrons. The summed E-state index contributed by atoms with van der Waals surface area (Å²) in [7, 11) is 0. The van der Waals surface area contributed by atoms with Crippen LogP contribution < -0.4 is 5.32 Å². The maximum absolute atomic E-state index is 13.8. The molecule has 5 heteroatoms. The highest BCUT2D eigenvalue weighted by Gasteiger charge is 2.73. The third kappa shape index (κ3) is 2.12. The summed E-state index contributed by atoms with van der Waals surface area (Å²) in [5, 5.41) is 3.27. The quantitative estimate of drug-likeness (QED) is 0.836. The third-order valence-electron chi connectivity index (χ3n) is 4.44. The van der Waals surface area contributed by atoms with Gasteiger partial charge in [-0.1, -0.05) is 0 Å². The van der Waals surface area contributed by atoms with Gasteiger partial charge >= 0.3 is 6.09 Å². The monoisotopic (exact) mass is 270 g/mol. The molecule has 1 unspecified atom stereocenters. The summed E-state index contributed by atoms with van der Waals surface area (Å²) in [6.07, 6.45) is 2.14. The molecule has 1 saturated heterocycles. The molecule has 1 amide bonds. The van der Waals surface area contributed by atoms with Crippen molar-refractivity contribution >= 4 is 6.09 Å².